The van der Waals surface area contributed by atoms with Crippen molar-refractivity contribution in [3.05, 3.63) is 68.9 Å². The maximum absolute atomic E-state index is 12.7. The van der Waals surface area contributed by atoms with Gasteiger partial charge in [0.05, 0.1) is 11.6 Å². The molecule has 1 aliphatic heterocycles. The van der Waals surface area contributed by atoms with Crippen molar-refractivity contribution in [2.45, 2.75) is 26.3 Å². The zero-order valence-corrected chi connectivity index (χ0v) is 18.6. The van der Waals surface area contributed by atoms with Crippen LogP contribution in [0, 0.1) is 5.92 Å². The van der Waals surface area contributed by atoms with Gasteiger partial charge in [-0.1, -0.05) is 43.3 Å². The molecule has 0 spiro atoms. The third-order valence-corrected chi connectivity index (χ3v) is 5.83. The first-order valence-electron chi connectivity index (χ1n) is 10.9. The number of carbonyl (C=O) groups is 3. The highest BCUT2D eigenvalue weighted by Crippen LogP contribution is 2.32. The van der Waals surface area contributed by atoms with Crippen molar-refractivity contribution in [1.82, 2.24) is 9.55 Å². The highest BCUT2D eigenvalue weighted by atomic mass is 16.5. The topological polar surface area (TPSA) is 145 Å². The number of anilines is 2. The lowest BCUT2D eigenvalue weighted by Gasteiger charge is -2.18. The molecule has 176 valence electrons. The van der Waals surface area contributed by atoms with Crippen molar-refractivity contribution in [2.75, 3.05) is 23.8 Å². The number of amides is 1. The fourth-order valence-corrected chi connectivity index (χ4v) is 4.17. The van der Waals surface area contributed by atoms with Crippen LogP contribution in [-0.2, 0) is 20.9 Å². The van der Waals surface area contributed by atoms with Gasteiger partial charge in [-0.05, 0) is 17.9 Å². The largest absolute Gasteiger partial charge is 0.457 e. The number of rotatable bonds is 7. The first kappa shape index (κ1) is 23.0. The Labute approximate surface area is 193 Å². The molecule has 0 bridgehead atoms. The Morgan fingerprint density at radius 1 is 1.12 bits per heavy atom. The van der Waals surface area contributed by atoms with E-state index in [0.29, 0.717) is 12.1 Å². The molecule has 10 nitrogen and oxygen atoms in total. The van der Waals surface area contributed by atoms with Crippen LogP contribution in [0.25, 0.3) is 10.8 Å². The molecule has 1 atom stereocenters. The molecule has 1 aromatic heterocycles. The normalized spacial score (nSPS) is 15.6. The number of nitrogens with two attached hydrogens (primary N) is 1. The predicted molar refractivity (Wildman–Crippen MR) is 126 cm³/mol. The summed E-state index contributed by atoms with van der Waals surface area (Å²) in [7, 11) is 0. The molecule has 0 saturated carbocycles. The SMILES string of the molecule is CCCn1c(N)c(C(=O)COC(=O)[C@H]2CC(=O)N(c3cccc4ccccc34)C2)c(=O)[nH]c1=O. The van der Waals surface area contributed by atoms with Crippen molar-refractivity contribution in [3.8, 4) is 0 Å². The summed E-state index contributed by atoms with van der Waals surface area (Å²) in [5.74, 6) is -2.80. The van der Waals surface area contributed by atoms with Crippen molar-refractivity contribution < 1.29 is 19.1 Å². The number of H-pyrrole nitrogens is 1. The molecule has 0 aliphatic carbocycles. The molecule has 34 heavy (non-hydrogen) atoms. The van der Waals surface area contributed by atoms with Gasteiger partial charge in [0.25, 0.3) is 5.56 Å². The van der Waals surface area contributed by atoms with E-state index in [2.05, 4.69) is 4.98 Å². The van der Waals surface area contributed by atoms with Crippen LogP contribution in [0.4, 0.5) is 11.5 Å². The monoisotopic (exact) mass is 464 g/mol. The number of ketones is 1. The molecule has 10 heteroatoms. The molecule has 2 heterocycles. The van der Waals surface area contributed by atoms with E-state index in [0.717, 1.165) is 15.3 Å². The van der Waals surface area contributed by atoms with Crippen LogP contribution < -0.4 is 21.9 Å². The average molecular weight is 464 g/mol. The van der Waals surface area contributed by atoms with Gasteiger partial charge in [0.2, 0.25) is 11.7 Å². The smallest absolute Gasteiger partial charge is 0.329 e. The van der Waals surface area contributed by atoms with Crippen LogP contribution in [0.3, 0.4) is 0 Å². The molecule has 1 amide bonds. The molecular weight excluding hydrogens is 440 g/mol. The second-order valence-electron chi connectivity index (χ2n) is 8.11. The van der Waals surface area contributed by atoms with Crippen molar-refractivity contribution in [1.29, 1.82) is 0 Å². The summed E-state index contributed by atoms with van der Waals surface area (Å²) in [5.41, 5.74) is 4.50. The molecule has 4 rings (SSSR count). The minimum Gasteiger partial charge on any atom is -0.457 e. The van der Waals surface area contributed by atoms with Gasteiger partial charge in [-0.3, -0.25) is 28.7 Å². The molecule has 1 aliphatic rings. The minimum absolute atomic E-state index is 0.0552. The molecule has 1 fully saturated rings. The zero-order chi connectivity index (χ0) is 24.4. The van der Waals surface area contributed by atoms with Crippen molar-refractivity contribution in [3.63, 3.8) is 0 Å². The highest BCUT2D eigenvalue weighted by Gasteiger charge is 2.37. The van der Waals surface area contributed by atoms with E-state index in [1.165, 1.54) is 0 Å². The number of esters is 1. The molecule has 1 saturated heterocycles. The van der Waals surface area contributed by atoms with E-state index >= 15 is 0 Å². The Balaban J connectivity index is 1.47. The fraction of sp³-hybridized carbons (Fsp3) is 0.292. The lowest BCUT2D eigenvalue weighted by molar-refractivity contribution is -0.147. The summed E-state index contributed by atoms with van der Waals surface area (Å²) in [6.45, 7) is 1.42. The van der Waals surface area contributed by atoms with Gasteiger partial charge in [-0.2, -0.15) is 0 Å². The maximum atomic E-state index is 12.7. The summed E-state index contributed by atoms with van der Waals surface area (Å²) in [6, 6.07) is 13.2. The second-order valence-corrected chi connectivity index (χ2v) is 8.11. The Bertz CT molecular complexity index is 1400. The number of nitrogen functional groups attached to an aromatic ring is 1. The summed E-state index contributed by atoms with van der Waals surface area (Å²) < 4.78 is 6.23. The fourth-order valence-electron chi connectivity index (χ4n) is 4.17. The lowest BCUT2D eigenvalue weighted by atomic mass is 10.1. The molecule has 3 aromatic rings. The van der Waals surface area contributed by atoms with Gasteiger partial charge < -0.3 is 15.4 Å². The Hall–Kier alpha value is -4.21. The molecule has 2 aromatic carbocycles. The van der Waals surface area contributed by atoms with Crippen LogP contribution in [0.5, 0.6) is 0 Å². The van der Waals surface area contributed by atoms with E-state index in [4.69, 9.17) is 10.5 Å². The Morgan fingerprint density at radius 3 is 2.62 bits per heavy atom. The number of hydrogen-bond acceptors (Lipinski definition) is 7. The minimum atomic E-state index is -0.936. The summed E-state index contributed by atoms with van der Waals surface area (Å²) in [6.07, 6.45) is 0.502. The third kappa shape index (κ3) is 4.21. The zero-order valence-electron chi connectivity index (χ0n) is 18.6. The van der Waals surface area contributed by atoms with Crippen LogP contribution in [0.15, 0.2) is 52.1 Å². The van der Waals surface area contributed by atoms with E-state index in [1.807, 2.05) is 49.4 Å². The second kappa shape index (κ2) is 9.34. The molecule has 3 N–H and O–H groups in total. The molecule has 0 unspecified atom stereocenters. The molecular formula is C24H24N4O6. The third-order valence-electron chi connectivity index (χ3n) is 5.83. The summed E-state index contributed by atoms with van der Waals surface area (Å²) in [5, 5.41) is 1.86. The predicted octanol–water partition coefficient (Wildman–Crippen LogP) is 1.46. The molecule has 0 radical (unpaired) electrons. The number of fused-ring (bicyclic) bond motifs is 1. The van der Waals surface area contributed by atoms with Crippen LogP contribution in [0.1, 0.15) is 30.1 Å². The number of Topliss-reactive ketones (excluding diaryl/α,β-unsaturated/α-hetero) is 1. The Kier molecular flexibility index (Phi) is 6.31. The maximum Gasteiger partial charge on any atom is 0.329 e. The number of carbonyl (C=O) groups excluding carboxylic acids is 3. The van der Waals surface area contributed by atoms with E-state index in [9.17, 15) is 24.0 Å². The number of hydrogen-bond donors (Lipinski definition) is 2. The van der Waals surface area contributed by atoms with Gasteiger partial charge in [0, 0.05) is 24.9 Å². The highest BCUT2D eigenvalue weighted by molar-refractivity contribution is 6.07. The first-order valence-corrected chi connectivity index (χ1v) is 10.9. The van der Waals surface area contributed by atoms with Gasteiger partial charge in [0.1, 0.15) is 11.4 Å². The van der Waals surface area contributed by atoms with Crippen LogP contribution >= 0.6 is 0 Å². The quantitative estimate of drug-likeness (QED) is 0.398. The number of nitrogens with one attached hydrogen (secondary N) is 1. The van der Waals surface area contributed by atoms with Gasteiger partial charge in [-0.25, -0.2) is 4.79 Å². The number of aromatic nitrogens is 2. The van der Waals surface area contributed by atoms with Gasteiger partial charge in [-0.15, -0.1) is 0 Å². The number of benzene rings is 2. The lowest BCUT2D eigenvalue weighted by Crippen LogP contribution is -2.37. The first-order chi connectivity index (χ1) is 16.3. The summed E-state index contributed by atoms with van der Waals surface area (Å²) >= 11 is 0. The standard InChI is InChI=1S/C24H24N4O6/c1-2-10-27-21(25)20(22(31)26-24(27)33)18(29)13-34-23(32)15-11-19(30)28(12-15)17-9-5-7-14-6-3-4-8-16(14)17/h3-9,15H,2,10-13,25H2,1H3,(H,26,31,33)/t15-/m0/s1. The van der Waals surface area contributed by atoms with Crippen LogP contribution in [0.2, 0.25) is 0 Å². The van der Waals surface area contributed by atoms with E-state index < -0.39 is 41.1 Å². The van der Waals surface area contributed by atoms with E-state index in [1.54, 1.807) is 4.90 Å². The Morgan fingerprint density at radius 2 is 1.85 bits per heavy atom. The van der Waals surface area contributed by atoms with Gasteiger partial charge in [0.15, 0.2) is 6.61 Å². The number of nitrogens with zero attached hydrogens (tertiary/aromatic N) is 2. The number of ether oxygens (including phenoxy) is 1. The van der Waals surface area contributed by atoms with Gasteiger partial charge >= 0.3 is 11.7 Å². The van der Waals surface area contributed by atoms with Crippen LogP contribution in [-0.4, -0.2) is 40.4 Å². The van der Waals surface area contributed by atoms with E-state index in [-0.39, 0.29) is 31.2 Å². The average Bonchev–Trinajstić information content (AvgIpc) is 3.21. The summed E-state index contributed by atoms with van der Waals surface area (Å²) in [4.78, 5) is 65.6. The van der Waals surface area contributed by atoms with Crippen molar-refractivity contribution in [2.24, 2.45) is 5.92 Å². The number of aromatic amines is 1. The van der Waals surface area contributed by atoms with Crippen molar-refractivity contribution >= 4 is 39.9 Å².